The minimum atomic E-state index is -0.459. The Morgan fingerprint density at radius 3 is 2.48 bits per heavy atom. The highest BCUT2D eigenvalue weighted by molar-refractivity contribution is 5.83. The molecule has 0 aliphatic carbocycles. The monoisotopic (exact) mass is 456 g/mol. The van der Waals surface area contributed by atoms with Crippen LogP contribution < -0.4 is 15.0 Å². The van der Waals surface area contributed by atoms with E-state index in [0.29, 0.717) is 54.3 Å². The molecule has 3 aromatic rings. The van der Waals surface area contributed by atoms with Gasteiger partial charge in [-0.25, -0.2) is 4.68 Å². The molecular formula is C23H32N6O4. The molecule has 0 radical (unpaired) electrons. The Morgan fingerprint density at radius 1 is 1.18 bits per heavy atom. The number of aliphatic hydroxyl groups is 1. The molecule has 1 aliphatic rings. The summed E-state index contributed by atoms with van der Waals surface area (Å²) in [7, 11) is 3.14. The van der Waals surface area contributed by atoms with Gasteiger partial charge >= 0.3 is 0 Å². The Balaban J connectivity index is 1.90. The van der Waals surface area contributed by atoms with Gasteiger partial charge in [-0.3, -0.25) is 9.69 Å². The molecule has 1 aliphatic heterocycles. The first-order chi connectivity index (χ1) is 15.8. The largest absolute Gasteiger partial charge is 0.493 e. The van der Waals surface area contributed by atoms with E-state index in [9.17, 15) is 9.90 Å². The van der Waals surface area contributed by atoms with Crippen LogP contribution in [0.3, 0.4) is 0 Å². The van der Waals surface area contributed by atoms with Crippen LogP contribution >= 0.6 is 0 Å². The van der Waals surface area contributed by atoms with Crippen molar-refractivity contribution < 1.29 is 14.6 Å². The van der Waals surface area contributed by atoms with E-state index in [0.717, 1.165) is 11.8 Å². The van der Waals surface area contributed by atoms with E-state index < -0.39 is 6.04 Å². The summed E-state index contributed by atoms with van der Waals surface area (Å²) in [6.07, 6.45) is 1.75. The Labute approximate surface area is 192 Å². The van der Waals surface area contributed by atoms with Gasteiger partial charge in [-0.2, -0.15) is 0 Å². The number of likely N-dealkylation sites (tertiary alicyclic amines) is 1. The summed E-state index contributed by atoms with van der Waals surface area (Å²) >= 11 is 0. The maximum Gasteiger partial charge on any atom is 0.253 e. The lowest BCUT2D eigenvalue weighted by Gasteiger charge is -2.36. The van der Waals surface area contributed by atoms with Gasteiger partial charge in [0.1, 0.15) is 6.04 Å². The topological polar surface area (TPSA) is 118 Å². The Hall–Kier alpha value is -2.98. The number of hydrogen-bond acceptors (Lipinski definition) is 8. The molecule has 2 aromatic heterocycles. The van der Waals surface area contributed by atoms with Gasteiger partial charge < -0.3 is 19.6 Å². The number of pyridine rings is 1. The second kappa shape index (κ2) is 9.11. The van der Waals surface area contributed by atoms with Crippen molar-refractivity contribution in [2.45, 2.75) is 57.7 Å². The summed E-state index contributed by atoms with van der Waals surface area (Å²) in [5.74, 6) is 1.74. The number of rotatable bonds is 7. The SMILES string of the molecule is CCC(C)(C)n1nnnc1C(c1cc2cc(OC)c(OC)cc2[nH]c1=O)N1CCC(O)CC1. The summed E-state index contributed by atoms with van der Waals surface area (Å²) in [6, 6.07) is 5.03. The molecule has 3 heterocycles. The number of benzene rings is 1. The van der Waals surface area contributed by atoms with E-state index >= 15 is 0 Å². The highest BCUT2D eigenvalue weighted by atomic mass is 16.5. The Morgan fingerprint density at radius 2 is 1.85 bits per heavy atom. The first kappa shape index (κ1) is 23.2. The molecular weight excluding hydrogens is 424 g/mol. The molecule has 0 spiro atoms. The number of methoxy groups -OCH3 is 2. The van der Waals surface area contributed by atoms with Crippen LogP contribution in [-0.2, 0) is 5.54 Å². The third-order valence-electron chi connectivity index (χ3n) is 6.71. The van der Waals surface area contributed by atoms with E-state index in [2.05, 4.69) is 46.2 Å². The first-order valence-electron chi connectivity index (χ1n) is 11.3. The number of aliphatic hydroxyl groups excluding tert-OH is 1. The second-order valence-corrected chi connectivity index (χ2v) is 9.13. The summed E-state index contributed by atoms with van der Waals surface area (Å²) in [5.41, 5.74) is 0.665. The van der Waals surface area contributed by atoms with Crippen LogP contribution in [-0.4, -0.2) is 68.6 Å². The molecule has 33 heavy (non-hydrogen) atoms. The number of aromatic amines is 1. The van der Waals surface area contributed by atoms with Crippen LogP contribution in [0.2, 0.25) is 0 Å². The smallest absolute Gasteiger partial charge is 0.253 e. The van der Waals surface area contributed by atoms with E-state index in [1.165, 1.54) is 0 Å². The molecule has 2 N–H and O–H groups in total. The number of H-pyrrole nitrogens is 1. The molecule has 0 amide bonds. The van der Waals surface area contributed by atoms with Gasteiger partial charge in [-0.15, -0.1) is 5.10 Å². The van der Waals surface area contributed by atoms with Crippen molar-refractivity contribution in [3.63, 3.8) is 0 Å². The summed E-state index contributed by atoms with van der Waals surface area (Å²) in [5, 5.41) is 23.5. The summed E-state index contributed by atoms with van der Waals surface area (Å²) in [6.45, 7) is 7.50. The fraction of sp³-hybridized carbons (Fsp3) is 0.565. The number of hydrogen-bond donors (Lipinski definition) is 2. The van der Waals surface area contributed by atoms with Crippen molar-refractivity contribution >= 4 is 10.9 Å². The van der Waals surface area contributed by atoms with Gasteiger partial charge in [0.15, 0.2) is 17.3 Å². The van der Waals surface area contributed by atoms with Gasteiger partial charge in [0.05, 0.1) is 31.4 Å². The van der Waals surface area contributed by atoms with Crippen molar-refractivity contribution in [3.05, 3.63) is 39.9 Å². The van der Waals surface area contributed by atoms with Crippen LogP contribution in [0.15, 0.2) is 23.0 Å². The number of piperidine rings is 1. The van der Waals surface area contributed by atoms with Gasteiger partial charge in [0.2, 0.25) is 0 Å². The van der Waals surface area contributed by atoms with E-state index in [4.69, 9.17) is 9.47 Å². The van der Waals surface area contributed by atoms with Crippen LogP contribution in [0.5, 0.6) is 11.5 Å². The van der Waals surface area contributed by atoms with E-state index in [1.54, 1.807) is 20.3 Å². The lowest BCUT2D eigenvalue weighted by Crippen LogP contribution is -2.43. The molecule has 1 saturated heterocycles. The van der Waals surface area contributed by atoms with Crippen molar-refractivity contribution in [3.8, 4) is 11.5 Å². The maximum atomic E-state index is 13.4. The second-order valence-electron chi connectivity index (χ2n) is 9.13. The molecule has 1 atom stereocenters. The number of fused-ring (bicyclic) bond motifs is 1. The molecule has 178 valence electrons. The first-order valence-corrected chi connectivity index (χ1v) is 11.3. The highest BCUT2D eigenvalue weighted by Gasteiger charge is 2.35. The van der Waals surface area contributed by atoms with Crippen LogP contribution in [0.25, 0.3) is 10.9 Å². The number of ether oxygens (including phenoxy) is 2. The standard InChI is InChI=1S/C23H32N6O4/c1-6-23(2,3)29-21(25-26-27-29)20(28-9-7-15(30)8-10-28)16-11-14-12-18(32-4)19(33-5)13-17(14)24-22(16)31/h11-13,15,20,30H,6-10H2,1-5H3,(H,24,31). The molecule has 1 unspecified atom stereocenters. The number of nitrogens with one attached hydrogen (secondary N) is 1. The van der Waals surface area contributed by atoms with Crippen LogP contribution in [0.1, 0.15) is 57.5 Å². The molecule has 0 bridgehead atoms. The van der Waals surface area contributed by atoms with Crippen molar-refractivity contribution in [1.29, 1.82) is 0 Å². The van der Waals surface area contributed by atoms with Crippen molar-refractivity contribution in [2.24, 2.45) is 0 Å². The van der Waals surface area contributed by atoms with Gasteiger partial charge in [-0.1, -0.05) is 6.92 Å². The summed E-state index contributed by atoms with van der Waals surface area (Å²) in [4.78, 5) is 18.6. The fourth-order valence-corrected chi connectivity index (χ4v) is 4.34. The molecule has 1 aromatic carbocycles. The maximum absolute atomic E-state index is 13.4. The quantitative estimate of drug-likeness (QED) is 0.556. The average Bonchev–Trinajstić information content (AvgIpc) is 3.30. The van der Waals surface area contributed by atoms with Crippen LogP contribution in [0.4, 0.5) is 0 Å². The van der Waals surface area contributed by atoms with Gasteiger partial charge in [0.25, 0.3) is 5.56 Å². The normalized spacial score (nSPS) is 16.8. The summed E-state index contributed by atoms with van der Waals surface area (Å²) < 4.78 is 12.7. The Kier molecular flexibility index (Phi) is 6.40. The van der Waals surface area contributed by atoms with E-state index in [-0.39, 0.29) is 17.2 Å². The van der Waals surface area contributed by atoms with Crippen molar-refractivity contribution in [2.75, 3.05) is 27.3 Å². The zero-order valence-electron chi connectivity index (χ0n) is 19.8. The van der Waals surface area contributed by atoms with Crippen molar-refractivity contribution in [1.82, 2.24) is 30.1 Å². The number of tetrazole rings is 1. The van der Waals surface area contributed by atoms with E-state index in [1.807, 2.05) is 16.8 Å². The highest BCUT2D eigenvalue weighted by Crippen LogP contribution is 2.35. The van der Waals surface area contributed by atoms with Gasteiger partial charge in [0, 0.05) is 30.1 Å². The molecule has 0 saturated carbocycles. The predicted molar refractivity (Wildman–Crippen MR) is 124 cm³/mol. The molecule has 4 rings (SSSR count). The number of nitrogens with zero attached hydrogens (tertiary/aromatic N) is 5. The van der Waals surface area contributed by atoms with Gasteiger partial charge in [-0.05, 0) is 55.7 Å². The predicted octanol–water partition coefficient (Wildman–Crippen LogP) is 2.22. The minimum Gasteiger partial charge on any atom is -0.493 e. The lowest BCUT2D eigenvalue weighted by molar-refractivity contribution is 0.0644. The third kappa shape index (κ3) is 4.32. The van der Waals surface area contributed by atoms with Crippen LogP contribution in [0, 0.1) is 0 Å². The zero-order valence-corrected chi connectivity index (χ0v) is 19.8. The third-order valence-corrected chi connectivity index (χ3v) is 6.71. The zero-order chi connectivity index (χ0) is 23.8. The minimum absolute atomic E-state index is 0.213. The lowest BCUT2D eigenvalue weighted by atomic mass is 9.97. The molecule has 1 fully saturated rings. The Bertz CT molecular complexity index is 1180. The average molecular weight is 457 g/mol. The fourth-order valence-electron chi connectivity index (χ4n) is 4.34. The number of aromatic nitrogens is 5. The molecule has 10 heteroatoms. The molecule has 10 nitrogen and oxygen atoms in total.